The van der Waals surface area contributed by atoms with Crippen LogP contribution in [0.2, 0.25) is 0 Å². The van der Waals surface area contributed by atoms with Crippen LogP contribution >= 0.6 is 0 Å². The fraction of sp³-hybridized carbons (Fsp3) is 0.458. The minimum atomic E-state index is 0.0472. The monoisotopic (exact) mass is 367 g/mol. The van der Waals surface area contributed by atoms with Crippen LogP contribution in [-0.2, 0) is 4.79 Å². The lowest BCUT2D eigenvalue weighted by atomic mass is 10.1. The minimum Gasteiger partial charge on any atom is -0.396 e. The van der Waals surface area contributed by atoms with E-state index in [1.807, 2.05) is 18.2 Å². The molecule has 1 aliphatic heterocycles. The predicted octanol–water partition coefficient (Wildman–Crippen LogP) is 5.38. The third-order valence-electron chi connectivity index (χ3n) is 4.84. The zero-order valence-corrected chi connectivity index (χ0v) is 16.4. The van der Waals surface area contributed by atoms with Crippen LogP contribution in [0, 0.1) is 0 Å². The predicted molar refractivity (Wildman–Crippen MR) is 113 cm³/mol. The Kier molecular flexibility index (Phi) is 10.3. The smallest absolute Gasteiger partial charge is 0.178 e. The first-order valence-corrected chi connectivity index (χ1v) is 10.3. The summed E-state index contributed by atoms with van der Waals surface area (Å²) in [4.78, 5) is 13.4. The number of carbonyl (C=O) groups is 1. The second kappa shape index (κ2) is 13.1. The van der Waals surface area contributed by atoms with Gasteiger partial charge in [-0.2, -0.15) is 0 Å². The number of aliphatic hydroxyl groups is 1. The second-order valence-electron chi connectivity index (χ2n) is 7.18. The van der Waals surface area contributed by atoms with Crippen molar-refractivity contribution < 1.29 is 9.90 Å². The minimum absolute atomic E-state index is 0.0472. The highest BCUT2D eigenvalue weighted by atomic mass is 16.2. The van der Waals surface area contributed by atoms with Crippen LogP contribution in [0.15, 0.2) is 72.2 Å². The maximum absolute atomic E-state index is 11.1. The van der Waals surface area contributed by atoms with E-state index in [9.17, 15) is 4.79 Å². The molecule has 0 aromatic rings. The molecule has 0 unspecified atom stereocenters. The molecule has 1 N–H and O–H groups in total. The number of nitrogens with zero attached hydrogens (tertiary/aromatic N) is 1. The van der Waals surface area contributed by atoms with Crippen LogP contribution in [0.25, 0.3) is 0 Å². The van der Waals surface area contributed by atoms with E-state index in [-0.39, 0.29) is 5.78 Å². The summed E-state index contributed by atoms with van der Waals surface area (Å²) < 4.78 is 0. The third-order valence-corrected chi connectivity index (χ3v) is 4.84. The first-order valence-electron chi connectivity index (χ1n) is 10.3. The van der Waals surface area contributed by atoms with Gasteiger partial charge in [-0.25, -0.2) is 0 Å². The fourth-order valence-corrected chi connectivity index (χ4v) is 3.14. The van der Waals surface area contributed by atoms with Crippen molar-refractivity contribution in [2.24, 2.45) is 0 Å². The highest BCUT2D eigenvalue weighted by Crippen LogP contribution is 2.14. The summed E-state index contributed by atoms with van der Waals surface area (Å²) in [6, 6.07) is 0. The van der Waals surface area contributed by atoms with Crippen LogP contribution < -0.4 is 0 Å². The van der Waals surface area contributed by atoms with Crippen molar-refractivity contribution in [2.75, 3.05) is 13.2 Å². The molecule has 0 saturated carbocycles. The summed E-state index contributed by atoms with van der Waals surface area (Å²) >= 11 is 0. The lowest BCUT2D eigenvalue weighted by Gasteiger charge is -2.18. The summed E-state index contributed by atoms with van der Waals surface area (Å²) in [7, 11) is 0. The normalized spacial score (nSPS) is 15.7. The van der Waals surface area contributed by atoms with Gasteiger partial charge in [0.05, 0.1) is 0 Å². The Morgan fingerprint density at radius 1 is 0.667 bits per heavy atom. The van der Waals surface area contributed by atoms with Gasteiger partial charge in [0.2, 0.25) is 0 Å². The van der Waals surface area contributed by atoms with Crippen LogP contribution in [0.3, 0.4) is 0 Å². The Bertz CT molecular complexity index is 601. The zero-order valence-electron chi connectivity index (χ0n) is 16.4. The van der Waals surface area contributed by atoms with Gasteiger partial charge in [0.15, 0.2) is 5.78 Å². The molecule has 0 fully saturated rings. The van der Waals surface area contributed by atoms with Gasteiger partial charge in [0, 0.05) is 25.6 Å². The largest absolute Gasteiger partial charge is 0.396 e. The lowest BCUT2D eigenvalue weighted by molar-refractivity contribution is -0.110. The number of unbranched alkanes of at least 4 members (excludes halogenated alkanes) is 8. The number of hydrogen-bond acceptors (Lipinski definition) is 3. The van der Waals surface area contributed by atoms with Gasteiger partial charge in [-0.3, -0.25) is 4.79 Å². The molecule has 0 radical (unpaired) electrons. The second-order valence-corrected chi connectivity index (χ2v) is 7.18. The van der Waals surface area contributed by atoms with Gasteiger partial charge >= 0.3 is 0 Å². The summed E-state index contributed by atoms with van der Waals surface area (Å²) in [5.74, 6) is 0.0472. The molecule has 0 spiro atoms. The molecule has 27 heavy (non-hydrogen) atoms. The van der Waals surface area contributed by atoms with Crippen molar-refractivity contribution in [3.8, 4) is 0 Å². The molecule has 0 amide bonds. The quantitative estimate of drug-likeness (QED) is 0.471. The maximum atomic E-state index is 11.1. The Morgan fingerprint density at radius 2 is 1.15 bits per heavy atom. The zero-order chi connectivity index (χ0) is 19.2. The number of allylic oxidation sites excluding steroid dienone is 10. The molecule has 0 saturated heterocycles. The first kappa shape index (κ1) is 21.2. The Morgan fingerprint density at radius 3 is 1.70 bits per heavy atom. The fourth-order valence-electron chi connectivity index (χ4n) is 3.14. The molecule has 2 rings (SSSR count). The number of carbonyl (C=O) groups excluding carboxylic acids is 1. The highest BCUT2D eigenvalue weighted by molar-refractivity contribution is 6.01. The summed E-state index contributed by atoms with van der Waals surface area (Å²) in [6.07, 6.45) is 30.7. The molecule has 2 aliphatic rings. The topological polar surface area (TPSA) is 40.5 Å². The molecule has 1 heterocycles. The number of aliphatic hydroxyl groups excluding tert-OH is 1. The number of rotatable bonds is 12. The van der Waals surface area contributed by atoms with E-state index in [0.717, 1.165) is 18.5 Å². The molecule has 0 bridgehead atoms. The SMILES string of the molecule is O=C1C=CC(=CC=C2C=CN(CCCCCCCCCCCO)C=C2)C=C1. The molecule has 0 aromatic heterocycles. The Labute approximate surface area is 164 Å². The van der Waals surface area contributed by atoms with Crippen molar-refractivity contribution in [1.82, 2.24) is 4.90 Å². The van der Waals surface area contributed by atoms with E-state index in [1.165, 1.54) is 56.9 Å². The van der Waals surface area contributed by atoms with Gasteiger partial charge in [-0.05, 0) is 48.3 Å². The molecule has 146 valence electrons. The van der Waals surface area contributed by atoms with Gasteiger partial charge in [-0.15, -0.1) is 0 Å². The van der Waals surface area contributed by atoms with E-state index in [2.05, 4.69) is 35.5 Å². The summed E-state index contributed by atoms with van der Waals surface area (Å²) in [6.45, 7) is 1.41. The Hall–Kier alpha value is -2.13. The van der Waals surface area contributed by atoms with Crippen molar-refractivity contribution >= 4 is 5.78 Å². The van der Waals surface area contributed by atoms with Crippen molar-refractivity contribution in [3.05, 3.63) is 72.2 Å². The number of ketones is 1. The van der Waals surface area contributed by atoms with Gasteiger partial charge in [0.1, 0.15) is 0 Å². The van der Waals surface area contributed by atoms with Gasteiger partial charge in [0.25, 0.3) is 0 Å². The van der Waals surface area contributed by atoms with Gasteiger partial charge in [-0.1, -0.05) is 69.2 Å². The van der Waals surface area contributed by atoms with E-state index in [0.29, 0.717) is 6.61 Å². The van der Waals surface area contributed by atoms with Crippen LogP contribution in [-0.4, -0.2) is 28.9 Å². The summed E-state index contributed by atoms with van der Waals surface area (Å²) in [5, 5.41) is 8.74. The molecule has 0 aromatic carbocycles. The van der Waals surface area contributed by atoms with Crippen LogP contribution in [0.5, 0.6) is 0 Å². The van der Waals surface area contributed by atoms with Crippen LogP contribution in [0.4, 0.5) is 0 Å². The molecule has 3 nitrogen and oxygen atoms in total. The van der Waals surface area contributed by atoms with E-state index in [1.54, 1.807) is 12.2 Å². The highest BCUT2D eigenvalue weighted by Gasteiger charge is 2.01. The number of hydrogen-bond donors (Lipinski definition) is 1. The molecule has 3 heteroatoms. The van der Waals surface area contributed by atoms with Crippen molar-refractivity contribution in [3.63, 3.8) is 0 Å². The van der Waals surface area contributed by atoms with Crippen LogP contribution in [0.1, 0.15) is 57.8 Å². The van der Waals surface area contributed by atoms with E-state index < -0.39 is 0 Å². The molecule has 1 aliphatic carbocycles. The standard InChI is InChI=1S/C24H33NO2/c26-21-9-7-5-3-1-2-4-6-8-18-25-19-16-23(17-20-25)11-10-22-12-14-24(27)15-13-22/h10-17,19-20,26H,1-9,18,21H2. The van der Waals surface area contributed by atoms with E-state index in [4.69, 9.17) is 5.11 Å². The average molecular weight is 368 g/mol. The third kappa shape index (κ3) is 9.39. The van der Waals surface area contributed by atoms with E-state index >= 15 is 0 Å². The average Bonchev–Trinajstić information content (AvgIpc) is 2.70. The summed E-state index contributed by atoms with van der Waals surface area (Å²) in [5.41, 5.74) is 2.21. The molecule has 0 atom stereocenters. The maximum Gasteiger partial charge on any atom is 0.178 e. The first-order chi connectivity index (χ1) is 13.3. The Balaban J connectivity index is 1.54. The van der Waals surface area contributed by atoms with Crippen molar-refractivity contribution in [2.45, 2.75) is 57.8 Å². The molecular formula is C24H33NO2. The lowest BCUT2D eigenvalue weighted by Crippen LogP contribution is -2.13. The van der Waals surface area contributed by atoms with Gasteiger partial charge < -0.3 is 10.0 Å². The molecular weight excluding hydrogens is 334 g/mol. The van der Waals surface area contributed by atoms with Crippen molar-refractivity contribution in [1.29, 1.82) is 0 Å².